The van der Waals surface area contributed by atoms with Crippen molar-refractivity contribution in [1.82, 2.24) is 15.3 Å². The molecule has 0 saturated carbocycles. The van der Waals surface area contributed by atoms with Gasteiger partial charge in [-0.25, -0.2) is 9.97 Å². The first kappa shape index (κ1) is 10.6. The van der Waals surface area contributed by atoms with Crippen LogP contribution in [0.15, 0.2) is 6.33 Å². The lowest BCUT2D eigenvalue weighted by Crippen LogP contribution is -2.34. The Bertz CT molecular complexity index is 339. The largest absolute Gasteiger partial charge is 0.474 e. The molecule has 0 atom stereocenters. The fourth-order valence-electron chi connectivity index (χ4n) is 1.60. The number of aromatic nitrogens is 2. The Morgan fingerprint density at radius 1 is 1.40 bits per heavy atom. The summed E-state index contributed by atoms with van der Waals surface area (Å²) < 4.78 is 5.79. The van der Waals surface area contributed by atoms with E-state index in [0.717, 1.165) is 31.5 Å². The van der Waals surface area contributed by atoms with Crippen LogP contribution in [0.2, 0.25) is 5.15 Å². The third-order valence-electron chi connectivity index (χ3n) is 2.54. The van der Waals surface area contributed by atoms with Crippen LogP contribution in [0.1, 0.15) is 18.4 Å². The van der Waals surface area contributed by atoms with Crippen LogP contribution in [0.4, 0.5) is 0 Å². The first-order valence-electron chi connectivity index (χ1n) is 5.12. The highest BCUT2D eigenvalue weighted by Gasteiger charge is 2.16. The molecule has 0 amide bonds. The minimum absolute atomic E-state index is 0.246. The molecule has 1 saturated heterocycles. The van der Waals surface area contributed by atoms with Gasteiger partial charge in [0.15, 0.2) is 0 Å². The summed E-state index contributed by atoms with van der Waals surface area (Å²) in [5, 5.41) is 3.75. The van der Waals surface area contributed by atoms with E-state index < -0.39 is 0 Å². The number of rotatable bonds is 2. The summed E-state index contributed by atoms with van der Waals surface area (Å²) in [4.78, 5) is 7.99. The van der Waals surface area contributed by atoms with Gasteiger partial charge >= 0.3 is 0 Å². The second-order valence-corrected chi connectivity index (χ2v) is 4.02. The van der Waals surface area contributed by atoms with E-state index in [1.165, 1.54) is 6.33 Å². The molecule has 4 nitrogen and oxygen atoms in total. The van der Waals surface area contributed by atoms with Crippen LogP contribution in [0.25, 0.3) is 0 Å². The Hall–Kier alpha value is -0.870. The van der Waals surface area contributed by atoms with E-state index in [2.05, 4.69) is 15.3 Å². The molecule has 2 heterocycles. The molecule has 0 unspecified atom stereocenters. The van der Waals surface area contributed by atoms with E-state index in [0.29, 0.717) is 11.0 Å². The fourth-order valence-corrected chi connectivity index (χ4v) is 1.73. The zero-order valence-electron chi connectivity index (χ0n) is 8.66. The molecule has 0 radical (unpaired) electrons. The van der Waals surface area contributed by atoms with E-state index in [1.54, 1.807) is 0 Å². The van der Waals surface area contributed by atoms with E-state index in [4.69, 9.17) is 16.3 Å². The van der Waals surface area contributed by atoms with Crippen LogP contribution in [-0.2, 0) is 0 Å². The smallest absolute Gasteiger partial charge is 0.221 e. The highest BCUT2D eigenvalue weighted by molar-refractivity contribution is 6.30. The van der Waals surface area contributed by atoms with Crippen molar-refractivity contribution in [2.75, 3.05) is 13.1 Å². The third kappa shape index (κ3) is 2.58. The normalized spacial score (nSPS) is 17.7. The molecule has 1 aliphatic heterocycles. The molecule has 1 aromatic rings. The predicted octanol–water partition coefficient (Wildman–Crippen LogP) is 1.57. The molecule has 2 rings (SSSR count). The summed E-state index contributed by atoms with van der Waals surface area (Å²) in [5.41, 5.74) is 0.817. The van der Waals surface area contributed by atoms with Crippen molar-refractivity contribution >= 4 is 11.6 Å². The van der Waals surface area contributed by atoms with Crippen molar-refractivity contribution in [2.24, 2.45) is 0 Å². The molecule has 15 heavy (non-hydrogen) atoms. The Morgan fingerprint density at radius 3 is 2.87 bits per heavy atom. The van der Waals surface area contributed by atoms with Gasteiger partial charge in [0.05, 0.1) is 0 Å². The monoisotopic (exact) mass is 227 g/mol. The van der Waals surface area contributed by atoms with Gasteiger partial charge in [-0.3, -0.25) is 0 Å². The van der Waals surface area contributed by atoms with Crippen LogP contribution in [0, 0.1) is 6.92 Å². The Kier molecular flexibility index (Phi) is 3.38. The summed E-state index contributed by atoms with van der Waals surface area (Å²) in [6, 6.07) is 0. The van der Waals surface area contributed by atoms with Gasteiger partial charge in [-0.15, -0.1) is 0 Å². The van der Waals surface area contributed by atoms with Crippen molar-refractivity contribution in [2.45, 2.75) is 25.9 Å². The lowest BCUT2D eigenvalue weighted by molar-refractivity contribution is 0.154. The van der Waals surface area contributed by atoms with Crippen molar-refractivity contribution in [1.29, 1.82) is 0 Å². The standard InChI is InChI=1S/C10H14ClN3O/c1-7-9(11)13-6-14-10(7)15-8-2-4-12-5-3-8/h6,8,12H,2-5H2,1H3. The molecule has 1 fully saturated rings. The van der Waals surface area contributed by atoms with Gasteiger partial charge in [0.2, 0.25) is 5.88 Å². The Balaban J connectivity index is 2.06. The number of nitrogens with one attached hydrogen (secondary N) is 1. The summed E-state index contributed by atoms with van der Waals surface area (Å²) in [7, 11) is 0. The zero-order valence-corrected chi connectivity index (χ0v) is 9.42. The molecule has 0 spiro atoms. The van der Waals surface area contributed by atoms with Gasteiger partial charge in [-0.2, -0.15) is 0 Å². The van der Waals surface area contributed by atoms with Gasteiger partial charge in [0.1, 0.15) is 17.6 Å². The number of halogens is 1. The van der Waals surface area contributed by atoms with Crippen LogP contribution < -0.4 is 10.1 Å². The topological polar surface area (TPSA) is 47.0 Å². The molecule has 1 aliphatic rings. The van der Waals surface area contributed by atoms with Gasteiger partial charge in [0.25, 0.3) is 0 Å². The summed E-state index contributed by atoms with van der Waals surface area (Å²) >= 11 is 5.89. The van der Waals surface area contributed by atoms with Gasteiger partial charge in [-0.05, 0) is 32.9 Å². The lowest BCUT2D eigenvalue weighted by Gasteiger charge is -2.23. The van der Waals surface area contributed by atoms with Crippen molar-refractivity contribution in [3.63, 3.8) is 0 Å². The van der Waals surface area contributed by atoms with Crippen molar-refractivity contribution < 1.29 is 4.74 Å². The fraction of sp³-hybridized carbons (Fsp3) is 0.600. The molecular formula is C10H14ClN3O. The molecule has 0 aliphatic carbocycles. The summed E-state index contributed by atoms with van der Waals surface area (Å²) in [6.45, 7) is 3.88. The Morgan fingerprint density at radius 2 is 2.13 bits per heavy atom. The van der Waals surface area contributed by atoms with Gasteiger partial charge in [0, 0.05) is 5.56 Å². The molecule has 0 aromatic carbocycles. The quantitative estimate of drug-likeness (QED) is 0.780. The van der Waals surface area contributed by atoms with E-state index in [1.807, 2.05) is 6.92 Å². The van der Waals surface area contributed by atoms with Gasteiger partial charge < -0.3 is 10.1 Å². The number of hydrogen-bond acceptors (Lipinski definition) is 4. The van der Waals surface area contributed by atoms with Crippen LogP contribution in [0.5, 0.6) is 5.88 Å². The van der Waals surface area contributed by atoms with Crippen molar-refractivity contribution in [3.05, 3.63) is 17.0 Å². The first-order chi connectivity index (χ1) is 7.27. The number of piperidine rings is 1. The average molecular weight is 228 g/mol. The van der Waals surface area contributed by atoms with E-state index in [9.17, 15) is 0 Å². The lowest BCUT2D eigenvalue weighted by atomic mass is 10.1. The predicted molar refractivity (Wildman–Crippen MR) is 58.3 cm³/mol. The van der Waals surface area contributed by atoms with E-state index in [-0.39, 0.29) is 6.10 Å². The highest BCUT2D eigenvalue weighted by Crippen LogP contribution is 2.22. The zero-order chi connectivity index (χ0) is 10.7. The maximum absolute atomic E-state index is 5.89. The summed E-state index contributed by atoms with van der Waals surface area (Å²) in [6.07, 6.45) is 3.71. The second-order valence-electron chi connectivity index (χ2n) is 3.66. The third-order valence-corrected chi connectivity index (χ3v) is 2.92. The molecule has 0 bridgehead atoms. The molecule has 1 N–H and O–H groups in total. The van der Waals surface area contributed by atoms with Crippen LogP contribution in [0.3, 0.4) is 0 Å². The highest BCUT2D eigenvalue weighted by atomic mass is 35.5. The van der Waals surface area contributed by atoms with Crippen LogP contribution >= 0.6 is 11.6 Å². The minimum Gasteiger partial charge on any atom is -0.474 e. The molecular weight excluding hydrogens is 214 g/mol. The maximum atomic E-state index is 5.89. The second kappa shape index (κ2) is 4.77. The average Bonchev–Trinajstić information content (AvgIpc) is 2.26. The number of nitrogens with zero attached hydrogens (tertiary/aromatic N) is 2. The minimum atomic E-state index is 0.246. The molecule has 82 valence electrons. The summed E-state index contributed by atoms with van der Waals surface area (Å²) in [5.74, 6) is 0.613. The van der Waals surface area contributed by atoms with E-state index >= 15 is 0 Å². The van der Waals surface area contributed by atoms with Crippen molar-refractivity contribution in [3.8, 4) is 5.88 Å². The van der Waals surface area contributed by atoms with Crippen LogP contribution in [-0.4, -0.2) is 29.2 Å². The number of hydrogen-bond donors (Lipinski definition) is 1. The first-order valence-corrected chi connectivity index (χ1v) is 5.49. The maximum Gasteiger partial charge on any atom is 0.221 e. The Labute approximate surface area is 94.0 Å². The number of ether oxygens (including phenoxy) is 1. The SMILES string of the molecule is Cc1c(Cl)ncnc1OC1CCNCC1. The van der Waals surface area contributed by atoms with Gasteiger partial charge in [-0.1, -0.05) is 11.6 Å². The molecule has 5 heteroatoms. The molecule has 1 aromatic heterocycles.